The molecule has 0 radical (unpaired) electrons. The van der Waals surface area contributed by atoms with E-state index in [1.807, 2.05) is 0 Å². The van der Waals surface area contributed by atoms with Crippen molar-refractivity contribution in [3.8, 4) is 11.6 Å². The summed E-state index contributed by atoms with van der Waals surface area (Å²) in [7, 11) is 0. The third-order valence-corrected chi connectivity index (χ3v) is 13.1. The number of rotatable bonds is 19. The molecule has 0 spiro atoms. The van der Waals surface area contributed by atoms with Crippen LogP contribution in [0.1, 0.15) is 76.2 Å². The van der Waals surface area contributed by atoms with Crippen LogP contribution in [-0.2, 0) is 59.0 Å². The van der Waals surface area contributed by atoms with E-state index in [1.165, 1.54) is 49.5 Å². The number of esters is 2. The fraction of sp³-hybridized carbons (Fsp3) is 0.386. The molecule has 2 saturated heterocycles. The zero-order valence-electron chi connectivity index (χ0n) is 38.2. The van der Waals surface area contributed by atoms with Crippen molar-refractivity contribution in [1.82, 2.24) is 39.0 Å². The Labute approximate surface area is 419 Å². The first kappa shape index (κ1) is 51.3. The SMILES string of the molecule is CC(=O)CCC(=O)O[C@H]1C[C@H](n2cnc3c(NC(=O)c4ccccc4)ncnc32)O[C@@H]1COP(O)(=S)O[C@H]1C[C@H](n2cnc3c(Oc4cc(Cl)ccc4Cl)nc(NC(=O)C(C)C)nc32)O[C@@H]1COC(C)=O. The number of anilines is 2. The van der Waals surface area contributed by atoms with Crippen molar-refractivity contribution in [3.05, 3.63) is 83.1 Å². The van der Waals surface area contributed by atoms with Gasteiger partial charge in [0.05, 0.1) is 30.7 Å². The molecule has 3 N–H and O–H groups in total. The van der Waals surface area contributed by atoms with E-state index in [0.717, 1.165) is 0 Å². The van der Waals surface area contributed by atoms with Crippen molar-refractivity contribution in [2.45, 2.75) is 90.2 Å². The van der Waals surface area contributed by atoms with Gasteiger partial charge in [-0.1, -0.05) is 55.2 Å². The lowest BCUT2D eigenvalue weighted by Crippen LogP contribution is -2.32. The predicted molar refractivity (Wildman–Crippen MR) is 256 cm³/mol. The van der Waals surface area contributed by atoms with Crippen LogP contribution < -0.4 is 15.4 Å². The molecule has 6 heterocycles. The molecule has 2 amide bonds. The molecule has 0 aliphatic carbocycles. The van der Waals surface area contributed by atoms with E-state index in [2.05, 4.69) is 40.5 Å². The van der Waals surface area contributed by atoms with Gasteiger partial charge in [0.25, 0.3) is 11.8 Å². The van der Waals surface area contributed by atoms with Crippen LogP contribution in [0.3, 0.4) is 0 Å². The second kappa shape index (κ2) is 22.1. The lowest BCUT2D eigenvalue weighted by atomic mass is 10.2. The van der Waals surface area contributed by atoms with Crippen molar-refractivity contribution in [2.75, 3.05) is 23.8 Å². The van der Waals surface area contributed by atoms with Crippen LogP contribution in [0.15, 0.2) is 67.5 Å². The average Bonchev–Trinajstić information content (AvgIpc) is 4.14. The van der Waals surface area contributed by atoms with E-state index in [0.29, 0.717) is 10.6 Å². The van der Waals surface area contributed by atoms with Crippen molar-refractivity contribution >= 4 is 105 Å². The number of carbonyl (C=O) groups is 5. The number of nitrogens with zero attached hydrogens (tertiary/aromatic N) is 8. The Morgan fingerprint density at radius 2 is 1.55 bits per heavy atom. The number of imidazole rings is 2. The van der Waals surface area contributed by atoms with Gasteiger partial charge in [-0.3, -0.25) is 33.6 Å². The van der Waals surface area contributed by atoms with Crippen LogP contribution in [0.2, 0.25) is 10.0 Å². The molecule has 2 aliphatic rings. The molecule has 2 fully saturated rings. The molecule has 2 aliphatic heterocycles. The fourth-order valence-corrected chi connectivity index (χ4v) is 9.21. The van der Waals surface area contributed by atoms with Crippen LogP contribution in [0.5, 0.6) is 11.6 Å². The predicted octanol–water partition coefficient (Wildman–Crippen LogP) is 6.65. The number of aromatic nitrogens is 8. The first-order chi connectivity index (χ1) is 33.9. The molecule has 8 rings (SSSR count). The molecule has 23 nitrogen and oxygen atoms in total. The van der Waals surface area contributed by atoms with Crippen LogP contribution in [0, 0.1) is 5.92 Å². The van der Waals surface area contributed by atoms with E-state index in [-0.39, 0.29) is 94.7 Å². The topological polar surface area (TPSA) is 281 Å². The van der Waals surface area contributed by atoms with Crippen LogP contribution in [0.25, 0.3) is 22.3 Å². The Hall–Kier alpha value is -6.08. The lowest BCUT2D eigenvalue weighted by molar-refractivity contribution is -0.153. The highest BCUT2D eigenvalue weighted by Gasteiger charge is 2.44. The van der Waals surface area contributed by atoms with Gasteiger partial charge >= 0.3 is 18.7 Å². The number of ether oxygens (including phenoxy) is 5. The summed E-state index contributed by atoms with van der Waals surface area (Å²) in [6, 6.07) is 13.1. The number of hydrogen-bond acceptors (Lipinski definition) is 19. The summed E-state index contributed by atoms with van der Waals surface area (Å²) in [6.45, 7) is 0.935. The molecule has 374 valence electrons. The van der Waals surface area contributed by atoms with Crippen molar-refractivity contribution in [1.29, 1.82) is 0 Å². The highest BCUT2D eigenvalue weighted by molar-refractivity contribution is 8.07. The van der Waals surface area contributed by atoms with Gasteiger partial charge in [0.15, 0.2) is 28.1 Å². The summed E-state index contributed by atoms with van der Waals surface area (Å²) < 4.78 is 45.0. The molecule has 6 aromatic rings. The number of nitrogens with one attached hydrogen (secondary N) is 2. The zero-order valence-corrected chi connectivity index (χ0v) is 41.4. The Morgan fingerprint density at radius 3 is 2.25 bits per heavy atom. The van der Waals surface area contributed by atoms with Gasteiger partial charge in [0.2, 0.25) is 11.9 Å². The molecule has 7 atom stereocenters. The summed E-state index contributed by atoms with van der Waals surface area (Å²) in [4.78, 5) is 101. The van der Waals surface area contributed by atoms with Gasteiger partial charge < -0.3 is 47.7 Å². The molecule has 1 unspecified atom stereocenters. The molecular weight excluding hydrogens is 1010 g/mol. The number of amides is 2. The lowest BCUT2D eigenvalue weighted by Gasteiger charge is -2.25. The van der Waals surface area contributed by atoms with Crippen molar-refractivity contribution < 1.29 is 61.6 Å². The molecule has 2 aromatic carbocycles. The maximum atomic E-state index is 13.0. The Kier molecular flexibility index (Phi) is 16.0. The summed E-state index contributed by atoms with van der Waals surface area (Å²) in [5.74, 6) is -2.66. The quantitative estimate of drug-likeness (QED) is 0.0565. The third kappa shape index (κ3) is 12.5. The zero-order chi connectivity index (χ0) is 50.6. The first-order valence-electron chi connectivity index (χ1n) is 21.9. The number of halogens is 2. The highest BCUT2D eigenvalue weighted by atomic mass is 35.5. The minimum absolute atomic E-state index is 0.0323. The minimum Gasteiger partial charge on any atom is -0.463 e. The number of ketones is 1. The fourth-order valence-electron chi connectivity index (χ4n) is 7.42. The maximum absolute atomic E-state index is 13.0. The smallest absolute Gasteiger partial charge is 0.324 e. The number of fused-ring (bicyclic) bond motifs is 2. The van der Waals surface area contributed by atoms with Gasteiger partial charge in [-0.05, 0) is 43.0 Å². The van der Waals surface area contributed by atoms with Gasteiger partial charge in [0.1, 0.15) is 61.3 Å². The molecule has 0 bridgehead atoms. The Morgan fingerprint density at radius 1 is 0.859 bits per heavy atom. The molecule has 71 heavy (non-hydrogen) atoms. The van der Waals surface area contributed by atoms with E-state index < -0.39 is 74.0 Å². The van der Waals surface area contributed by atoms with Gasteiger partial charge in [-0.25, -0.2) is 19.9 Å². The normalized spacial score (nSPS) is 20.7. The van der Waals surface area contributed by atoms with Crippen molar-refractivity contribution in [2.24, 2.45) is 5.92 Å². The van der Waals surface area contributed by atoms with E-state index in [4.69, 9.17) is 67.7 Å². The maximum Gasteiger partial charge on any atom is 0.324 e. The van der Waals surface area contributed by atoms with E-state index in [9.17, 15) is 28.9 Å². The van der Waals surface area contributed by atoms with Gasteiger partial charge in [-0.15, -0.1) is 0 Å². The highest BCUT2D eigenvalue weighted by Crippen LogP contribution is 2.50. The van der Waals surface area contributed by atoms with Gasteiger partial charge in [0, 0.05) is 48.8 Å². The Bertz CT molecular complexity index is 3040. The van der Waals surface area contributed by atoms with Crippen LogP contribution in [-0.4, -0.2) is 111 Å². The van der Waals surface area contributed by atoms with Crippen LogP contribution in [0.4, 0.5) is 11.8 Å². The summed E-state index contributed by atoms with van der Waals surface area (Å²) >= 11 is 18.2. The Balaban J connectivity index is 1.01. The van der Waals surface area contributed by atoms with E-state index in [1.54, 1.807) is 54.8 Å². The second-order valence-electron chi connectivity index (χ2n) is 16.5. The summed E-state index contributed by atoms with van der Waals surface area (Å²) in [6.07, 6.45) is -2.12. The molecule has 27 heteroatoms. The van der Waals surface area contributed by atoms with Gasteiger partial charge in [-0.2, -0.15) is 9.97 Å². The third-order valence-electron chi connectivity index (χ3n) is 10.9. The van der Waals surface area contributed by atoms with E-state index >= 15 is 0 Å². The standard InChI is InChI=1S/C44H45Cl2N10O13PS/c1-22(2)41(60)53-44-52-40-37(43(54-44)68-28-14-26(45)11-12-27(28)46)50-21-56(40)34-16-30(31(65-34)17-63-24(4)58)69-70(62,71)64-18-32-29(67-35(59)13-10-23(3)57)15-33(66-32)55-20-49-36-38(47-19-48-39(36)55)51-42(61)25-8-6-5-7-9-25/h5-9,11-12,14,19-22,29-34H,10,13,15-18H2,1-4H3,(H,62,71)(H,47,48,51,61)(H,52,53,54,60)/t29-,30-,31+,32+,33+,34+,70?/m0/s1. The monoisotopic (exact) mass is 1050 g/mol. The number of benzene rings is 2. The molecule has 4 aromatic heterocycles. The van der Waals surface area contributed by atoms with Crippen molar-refractivity contribution in [3.63, 3.8) is 0 Å². The molecule has 0 saturated carbocycles. The largest absolute Gasteiger partial charge is 0.463 e. The number of hydrogen-bond donors (Lipinski definition) is 3. The molecular formula is C44H45Cl2N10O13PS. The summed E-state index contributed by atoms with van der Waals surface area (Å²) in [5, 5.41) is 5.97. The minimum atomic E-state index is -4.24. The van der Waals surface area contributed by atoms with Crippen LogP contribution >= 0.6 is 29.9 Å². The average molecular weight is 1060 g/mol. The number of carbonyl (C=O) groups excluding carboxylic acids is 5. The second-order valence-corrected chi connectivity index (χ2v) is 20.2. The number of Topliss-reactive ketones (excluding diaryl/α,β-unsaturated/α-hetero) is 1. The summed E-state index contributed by atoms with van der Waals surface area (Å²) in [5.41, 5.74) is 1.22. The first-order valence-corrected chi connectivity index (χ1v) is 25.3.